The number of amides is 1. The van der Waals surface area contributed by atoms with Crippen LogP contribution in [0.5, 0.6) is 0 Å². The van der Waals surface area contributed by atoms with E-state index in [9.17, 15) is 4.79 Å². The van der Waals surface area contributed by atoms with Gasteiger partial charge in [0.25, 0.3) is 0 Å². The zero-order valence-electron chi connectivity index (χ0n) is 12.6. The third-order valence-corrected chi connectivity index (χ3v) is 3.68. The number of primary amides is 1. The lowest BCUT2D eigenvalue weighted by Crippen LogP contribution is -2.41. The Labute approximate surface area is 119 Å². The summed E-state index contributed by atoms with van der Waals surface area (Å²) in [5.74, 6) is 1.58. The average Bonchev–Trinajstić information content (AvgIpc) is 2.80. The van der Waals surface area contributed by atoms with Gasteiger partial charge in [-0.25, -0.2) is 9.97 Å². The van der Waals surface area contributed by atoms with Crippen molar-refractivity contribution in [1.82, 2.24) is 9.97 Å². The maximum absolute atomic E-state index is 11.6. The first-order chi connectivity index (χ1) is 9.21. The minimum atomic E-state index is -0.309. The van der Waals surface area contributed by atoms with E-state index >= 15 is 0 Å². The molecule has 1 atom stereocenters. The molecule has 1 unspecified atom stereocenters. The summed E-state index contributed by atoms with van der Waals surface area (Å²) >= 11 is 0. The zero-order chi connectivity index (χ0) is 15.1. The van der Waals surface area contributed by atoms with Gasteiger partial charge < -0.3 is 16.4 Å². The molecule has 6 heteroatoms. The number of rotatable bonds is 2. The molecule has 4 N–H and O–H groups in total. The van der Waals surface area contributed by atoms with E-state index in [0.29, 0.717) is 11.6 Å². The van der Waals surface area contributed by atoms with E-state index in [1.54, 1.807) is 0 Å². The lowest BCUT2D eigenvalue weighted by molar-refractivity contribution is -0.119. The summed E-state index contributed by atoms with van der Waals surface area (Å²) in [6, 6.07) is -0.296. The lowest BCUT2D eigenvalue weighted by Gasteiger charge is -2.27. The maximum Gasteiger partial charge on any atom is 0.240 e. The van der Waals surface area contributed by atoms with E-state index in [2.05, 4.69) is 9.97 Å². The number of carbonyl (C=O) groups excluding carboxylic acids is 1. The molecule has 20 heavy (non-hydrogen) atoms. The molecule has 110 valence electrons. The van der Waals surface area contributed by atoms with Crippen LogP contribution in [0.15, 0.2) is 0 Å². The summed E-state index contributed by atoms with van der Waals surface area (Å²) in [5.41, 5.74) is 12.1. The lowest BCUT2D eigenvalue weighted by atomic mass is 9.95. The van der Waals surface area contributed by atoms with Gasteiger partial charge in [-0.05, 0) is 19.8 Å². The van der Waals surface area contributed by atoms with Gasteiger partial charge in [-0.3, -0.25) is 4.79 Å². The molecule has 0 aliphatic carbocycles. The van der Waals surface area contributed by atoms with Gasteiger partial charge in [0.2, 0.25) is 5.91 Å². The van der Waals surface area contributed by atoms with Crippen molar-refractivity contribution in [3.63, 3.8) is 0 Å². The van der Waals surface area contributed by atoms with Crippen LogP contribution in [-0.4, -0.2) is 28.5 Å². The largest absolute Gasteiger partial charge is 0.383 e. The minimum absolute atomic E-state index is 0.196. The van der Waals surface area contributed by atoms with Crippen molar-refractivity contribution < 1.29 is 4.79 Å². The van der Waals surface area contributed by atoms with Crippen molar-refractivity contribution in [2.45, 2.75) is 52.0 Å². The number of aromatic nitrogens is 2. The van der Waals surface area contributed by atoms with Crippen LogP contribution in [0.4, 0.5) is 11.6 Å². The van der Waals surface area contributed by atoms with E-state index in [0.717, 1.165) is 30.8 Å². The van der Waals surface area contributed by atoms with E-state index in [-0.39, 0.29) is 17.4 Å². The molecule has 0 bridgehead atoms. The SMILES string of the molecule is Cc1c(N)nc(C(C)(C)C)nc1N1CCCC1C(N)=O. The maximum atomic E-state index is 11.6. The summed E-state index contributed by atoms with van der Waals surface area (Å²) < 4.78 is 0. The molecule has 1 aromatic rings. The van der Waals surface area contributed by atoms with Gasteiger partial charge in [-0.15, -0.1) is 0 Å². The molecule has 0 radical (unpaired) electrons. The predicted molar refractivity (Wildman–Crippen MR) is 79.4 cm³/mol. The van der Waals surface area contributed by atoms with E-state index in [1.807, 2.05) is 32.6 Å². The van der Waals surface area contributed by atoms with E-state index in [1.165, 1.54) is 0 Å². The van der Waals surface area contributed by atoms with E-state index < -0.39 is 0 Å². The fourth-order valence-electron chi connectivity index (χ4n) is 2.45. The van der Waals surface area contributed by atoms with Crippen LogP contribution in [0.1, 0.15) is 45.0 Å². The van der Waals surface area contributed by atoms with E-state index in [4.69, 9.17) is 11.5 Å². The summed E-state index contributed by atoms with van der Waals surface area (Å²) in [5, 5.41) is 0. The molecule has 1 aliphatic rings. The number of nitrogens with two attached hydrogens (primary N) is 2. The Morgan fingerprint density at radius 3 is 2.55 bits per heavy atom. The summed E-state index contributed by atoms with van der Waals surface area (Å²) in [7, 11) is 0. The third-order valence-electron chi connectivity index (χ3n) is 3.68. The molecule has 1 aromatic heterocycles. The van der Waals surface area contributed by atoms with Gasteiger partial charge >= 0.3 is 0 Å². The molecule has 0 saturated carbocycles. The normalized spacial score (nSPS) is 19.4. The standard InChI is InChI=1S/C14H23N5O/c1-8-10(15)17-13(14(2,3)4)18-12(8)19-7-5-6-9(19)11(16)20/h9H,5-7H2,1-4H3,(H2,16,20)(H2,15,17,18). The molecule has 0 spiro atoms. The Morgan fingerprint density at radius 1 is 1.35 bits per heavy atom. The Balaban J connectivity index is 2.50. The van der Waals surface area contributed by atoms with Crippen molar-refractivity contribution in [1.29, 1.82) is 0 Å². The first-order valence-corrected chi connectivity index (χ1v) is 6.92. The molecule has 2 heterocycles. The van der Waals surface area contributed by atoms with Crippen molar-refractivity contribution >= 4 is 17.5 Å². The monoisotopic (exact) mass is 277 g/mol. The number of nitrogen functional groups attached to an aromatic ring is 1. The molecular formula is C14H23N5O. The van der Waals surface area contributed by atoms with Crippen LogP contribution in [0.25, 0.3) is 0 Å². The number of hydrogen-bond donors (Lipinski definition) is 2. The number of hydrogen-bond acceptors (Lipinski definition) is 5. The van der Waals surface area contributed by atoms with Gasteiger partial charge in [0.05, 0.1) is 0 Å². The smallest absolute Gasteiger partial charge is 0.240 e. The molecule has 1 amide bonds. The highest BCUT2D eigenvalue weighted by Gasteiger charge is 2.32. The van der Waals surface area contributed by atoms with Crippen LogP contribution < -0.4 is 16.4 Å². The molecule has 0 aromatic carbocycles. The van der Waals surface area contributed by atoms with Crippen molar-refractivity contribution in [3.8, 4) is 0 Å². The molecule has 1 aliphatic heterocycles. The molecule has 2 rings (SSSR count). The Bertz CT molecular complexity index is 535. The number of carbonyl (C=O) groups is 1. The zero-order valence-corrected chi connectivity index (χ0v) is 12.6. The summed E-state index contributed by atoms with van der Waals surface area (Å²) in [6.45, 7) is 8.77. The Hall–Kier alpha value is -1.85. The predicted octanol–water partition coefficient (Wildman–Crippen LogP) is 1.12. The topological polar surface area (TPSA) is 98.1 Å². The van der Waals surface area contributed by atoms with Crippen LogP contribution >= 0.6 is 0 Å². The van der Waals surface area contributed by atoms with Crippen molar-refractivity contribution in [2.24, 2.45) is 5.73 Å². The molecular weight excluding hydrogens is 254 g/mol. The second kappa shape index (κ2) is 4.92. The Kier molecular flexibility index (Phi) is 3.58. The fourth-order valence-corrected chi connectivity index (χ4v) is 2.45. The molecule has 1 fully saturated rings. The van der Waals surface area contributed by atoms with Gasteiger partial charge in [-0.2, -0.15) is 0 Å². The third kappa shape index (κ3) is 2.55. The van der Waals surface area contributed by atoms with Crippen LogP contribution in [0.3, 0.4) is 0 Å². The first kappa shape index (κ1) is 14.6. The van der Waals surface area contributed by atoms with Gasteiger partial charge in [0.15, 0.2) is 0 Å². The van der Waals surface area contributed by atoms with Crippen molar-refractivity contribution in [3.05, 3.63) is 11.4 Å². The quantitative estimate of drug-likeness (QED) is 0.844. The second-order valence-electron chi connectivity index (χ2n) is 6.38. The fraction of sp³-hybridized carbons (Fsp3) is 0.643. The highest BCUT2D eigenvalue weighted by Crippen LogP contribution is 2.31. The highest BCUT2D eigenvalue weighted by atomic mass is 16.1. The van der Waals surface area contributed by atoms with Crippen LogP contribution in [-0.2, 0) is 10.2 Å². The van der Waals surface area contributed by atoms with Gasteiger partial charge in [0, 0.05) is 17.5 Å². The van der Waals surface area contributed by atoms with Gasteiger partial charge in [0.1, 0.15) is 23.5 Å². The molecule has 6 nitrogen and oxygen atoms in total. The minimum Gasteiger partial charge on any atom is -0.383 e. The summed E-state index contributed by atoms with van der Waals surface area (Å²) in [4.78, 5) is 22.5. The number of anilines is 2. The van der Waals surface area contributed by atoms with Crippen molar-refractivity contribution in [2.75, 3.05) is 17.2 Å². The average molecular weight is 277 g/mol. The number of nitrogens with zero attached hydrogens (tertiary/aromatic N) is 3. The highest BCUT2D eigenvalue weighted by molar-refractivity contribution is 5.84. The van der Waals surface area contributed by atoms with Crippen LogP contribution in [0, 0.1) is 6.92 Å². The second-order valence-corrected chi connectivity index (χ2v) is 6.38. The van der Waals surface area contributed by atoms with Crippen LogP contribution in [0.2, 0.25) is 0 Å². The Morgan fingerprint density at radius 2 is 2.00 bits per heavy atom. The molecule has 1 saturated heterocycles. The summed E-state index contributed by atoms with van der Waals surface area (Å²) in [6.07, 6.45) is 1.70. The van der Waals surface area contributed by atoms with Gasteiger partial charge in [-0.1, -0.05) is 20.8 Å². The first-order valence-electron chi connectivity index (χ1n) is 6.92.